The average Bonchev–Trinajstić information content (AvgIpc) is 2.62. The number of anilines is 1. The largest absolute Gasteiger partial charge is 0.497 e. The van der Waals surface area contributed by atoms with Crippen molar-refractivity contribution in [3.63, 3.8) is 0 Å². The van der Waals surface area contributed by atoms with Gasteiger partial charge in [-0.15, -0.1) is 0 Å². The van der Waals surface area contributed by atoms with E-state index in [1.807, 2.05) is 43.3 Å². The molecule has 0 saturated heterocycles. The highest BCUT2D eigenvalue weighted by Gasteiger charge is 2.16. The molecule has 1 heterocycles. The molecule has 0 unspecified atom stereocenters. The molecule has 134 valence electrons. The van der Waals surface area contributed by atoms with Crippen LogP contribution in [0.5, 0.6) is 11.6 Å². The first-order valence-corrected chi connectivity index (χ1v) is 7.89. The molecule has 7 heteroatoms. The minimum Gasteiger partial charge on any atom is -0.497 e. The van der Waals surface area contributed by atoms with E-state index in [1.165, 1.54) is 7.11 Å². The summed E-state index contributed by atoms with van der Waals surface area (Å²) < 4.78 is 10.4. The van der Waals surface area contributed by atoms with E-state index in [-0.39, 0.29) is 12.1 Å². The van der Waals surface area contributed by atoms with Gasteiger partial charge in [0.2, 0.25) is 5.88 Å². The van der Waals surface area contributed by atoms with E-state index in [1.54, 1.807) is 25.4 Å². The molecule has 0 aliphatic carbocycles. The maximum absolute atomic E-state index is 12.2. The van der Waals surface area contributed by atoms with Gasteiger partial charge >= 0.3 is 6.03 Å². The predicted molar refractivity (Wildman–Crippen MR) is 97.2 cm³/mol. The molecule has 25 heavy (non-hydrogen) atoms. The van der Waals surface area contributed by atoms with Crippen LogP contribution < -0.4 is 20.1 Å². The molecule has 0 aliphatic rings. The Balaban J connectivity index is 2.02. The van der Waals surface area contributed by atoms with Crippen molar-refractivity contribution in [1.29, 1.82) is 0 Å². The number of nitrogens with one attached hydrogen (secondary N) is 2. The topological polar surface area (TPSA) is 75.7 Å². The number of likely N-dealkylation sites (N-methyl/N-ethyl adjacent to an activating group) is 1. The number of rotatable bonds is 7. The van der Waals surface area contributed by atoms with Crippen LogP contribution in [0.3, 0.4) is 0 Å². The summed E-state index contributed by atoms with van der Waals surface area (Å²) in [5.74, 6) is 1.16. The third kappa shape index (κ3) is 5.09. The number of aromatic nitrogens is 1. The number of carbonyl (C=O) groups excluding carboxylic acids is 1. The Labute approximate surface area is 148 Å². The lowest BCUT2D eigenvalue weighted by atomic mass is 10.1. The molecule has 2 rings (SSSR count). The van der Waals surface area contributed by atoms with Crippen LogP contribution in [0, 0.1) is 0 Å². The molecule has 0 bridgehead atoms. The highest BCUT2D eigenvalue weighted by atomic mass is 16.5. The molecule has 1 aromatic carbocycles. The quantitative estimate of drug-likeness (QED) is 0.807. The smallest absolute Gasteiger partial charge is 0.319 e. The summed E-state index contributed by atoms with van der Waals surface area (Å²) >= 11 is 0. The van der Waals surface area contributed by atoms with Crippen LogP contribution in [0.25, 0.3) is 0 Å². The van der Waals surface area contributed by atoms with Crippen LogP contribution in [-0.4, -0.2) is 50.8 Å². The van der Waals surface area contributed by atoms with E-state index in [2.05, 4.69) is 15.6 Å². The van der Waals surface area contributed by atoms with Gasteiger partial charge in [-0.05, 0) is 43.9 Å². The van der Waals surface area contributed by atoms with Gasteiger partial charge < -0.3 is 25.0 Å². The Morgan fingerprint density at radius 1 is 1.20 bits per heavy atom. The number of methoxy groups -OCH3 is 2. The molecule has 0 fully saturated rings. The zero-order valence-electron chi connectivity index (χ0n) is 14.9. The fourth-order valence-electron chi connectivity index (χ4n) is 2.45. The van der Waals surface area contributed by atoms with E-state index < -0.39 is 0 Å². The Morgan fingerprint density at radius 3 is 2.68 bits per heavy atom. The number of amides is 2. The highest BCUT2D eigenvalue weighted by Crippen LogP contribution is 2.22. The molecule has 7 nitrogen and oxygen atoms in total. The van der Waals surface area contributed by atoms with E-state index in [0.29, 0.717) is 18.1 Å². The number of pyridine rings is 1. The first-order valence-electron chi connectivity index (χ1n) is 7.89. The zero-order chi connectivity index (χ0) is 18.2. The summed E-state index contributed by atoms with van der Waals surface area (Å²) in [5.41, 5.74) is 1.58. The summed E-state index contributed by atoms with van der Waals surface area (Å²) in [7, 11) is 7.08. The normalized spacial score (nSPS) is 11.7. The van der Waals surface area contributed by atoms with E-state index in [0.717, 1.165) is 11.3 Å². The maximum atomic E-state index is 12.2. The molecule has 1 atom stereocenters. The Kier molecular flexibility index (Phi) is 6.59. The maximum Gasteiger partial charge on any atom is 0.319 e. The van der Waals surface area contributed by atoms with Gasteiger partial charge in [0.25, 0.3) is 0 Å². The standard InChI is InChI=1S/C18H24N4O3/c1-22(2)16(13-7-5-8-14(11-13)24-3)12-20-18(23)21-15-9-6-10-19-17(15)25-4/h5-11,16H,12H2,1-4H3,(H2,20,21,23)/t16-/m0/s1. The number of urea groups is 1. The van der Waals surface area contributed by atoms with Crippen molar-refractivity contribution in [1.82, 2.24) is 15.2 Å². The second-order valence-corrected chi connectivity index (χ2v) is 5.65. The van der Waals surface area contributed by atoms with Crippen molar-refractivity contribution in [2.24, 2.45) is 0 Å². The van der Waals surface area contributed by atoms with Crippen molar-refractivity contribution >= 4 is 11.7 Å². The molecule has 2 amide bonds. The van der Waals surface area contributed by atoms with Gasteiger partial charge in [0, 0.05) is 12.7 Å². The predicted octanol–water partition coefficient (Wildman–Crippen LogP) is 2.52. The third-order valence-corrected chi connectivity index (χ3v) is 3.77. The molecular formula is C18H24N4O3. The van der Waals surface area contributed by atoms with Gasteiger partial charge in [0.1, 0.15) is 11.4 Å². The number of carbonyl (C=O) groups is 1. The minimum atomic E-state index is -0.318. The van der Waals surface area contributed by atoms with Crippen LogP contribution in [0.2, 0.25) is 0 Å². The van der Waals surface area contributed by atoms with Crippen LogP contribution in [0.4, 0.5) is 10.5 Å². The first-order chi connectivity index (χ1) is 12.0. The van der Waals surface area contributed by atoms with E-state index in [9.17, 15) is 4.79 Å². The number of benzene rings is 1. The molecule has 2 aromatic rings. The zero-order valence-corrected chi connectivity index (χ0v) is 14.9. The third-order valence-electron chi connectivity index (χ3n) is 3.77. The van der Waals surface area contributed by atoms with Crippen LogP contribution >= 0.6 is 0 Å². The molecular weight excluding hydrogens is 320 g/mol. The number of hydrogen-bond donors (Lipinski definition) is 2. The lowest BCUT2D eigenvalue weighted by Crippen LogP contribution is -2.37. The summed E-state index contributed by atoms with van der Waals surface area (Å²) in [6.45, 7) is 0.439. The highest BCUT2D eigenvalue weighted by molar-refractivity contribution is 5.90. The monoisotopic (exact) mass is 344 g/mol. The lowest BCUT2D eigenvalue weighted by molar-refractivity contribution is 0.243. The Bertz CT molecular complexity index is 706. The molecule has 0 aliphatic heterocycles. The van der Waals surface area contributed by atoms with Gasteiger partial charge in [0.15, 0.2) is 0 Å². The summed E-state index contributed by atoms with van der Waals surface area (Å²) in [6.07, 6.45) is 1.60. The van der Waals surface area contributed by atoms with Crippen molar-refractivity contribution < 1.29 is 14.3 Å². The van der Waals surface area contributed by atoms with Gasteiger partial charge in [0.05, 0.1) is 20.3 Å². The van der Waals surface area contributed by atoms with Crippen molar-refractivity contribution in [3.8, 4) is 11.6 Å². The molecule has 0 radical (unpaired) electrons. The number of nitrogens with zero attached hydrogens (tertiary/aromatic N) is 2. The van der Waals surface area contributed by atoms with Crippen molar-refractivity contribution in [2.45, 2.75) is 6.04 Å². The second kappa shape index (κ2) is 8.89. The minimum absolute atomic E-state index is 0.0108. The SMILES string of the molecule is COc1cccc([C@H](CNC(=O)Nc2cccnc2OC)N(C)C)c1. The average molecular weight is 344 g/mol. The molecule has 0 saturated carbocycles. The fourth-order valence-corrected chi connectivity index (χ4v) is 2.45. The van der Waals surface area contributed by atoms with Crippen LogP contribution in [0.1, 0.15) is 11.6 Å². The van der Waals surface area contributed by atoms with Gasteiger partial charge in [-0.25, -0.2) is 9.78 Å². The molecule has 1 aromatic heterocycles. The Morgan fingerprint density at radius 2 is 2.00 bits per heavy atom. The van der Waals surface area contributed by atoms with Crippen molar-refractivity contribution in [3.05, 3.63) is 48.2 Å². The molecule has 0 spiro atoms. The van der Waals surface area contributed by atoms with E-state index in [4.69, 9.17) is 9.47 Å². The Hall–Kier alpha value is -2.80. The van der Waals surface area contributed by atoms with Crippen LogP contribution in [0.15, 0.2) is 42.6 Å². The summed E-state index contributed by atoms with van der Waals surface area (Å²) in [4.78, 5) is 18.3. The lowest BCUT2D eigenvalue weighted by Gasteiger charge is -2.25. The fraction of sp³-hybridized carbons (Fsp3) is 0.333. The second-order valence-electron chi connectivity index (χ2n) is 5.65. The van der Waals surface area contributed by atoms with Gasteiger partial charge in [-0.1, -0.05) is 12.1 Å². The number of hydrogen-bond acceptors (Lipinski definition) is 5. The van der Waals surface area contributed by atoms with E-state index >= 15 is 0 Å². The first kappa shape index (κ1) is 18.5. The number of ether oxygens (including phenoxy) is 2. The summed E-state index contributed by atoms with van der Waals surface area (Å²) in [5, 5.41) is 5.63. The van der Waals surface area contributed by atoms with Gasteiger partial charge in [-0.3, -0.25) is 0 Å². The summed E-state index contributed by atoms with van der Waals surface area (Å²) in [6, 6.07) is 11.0. The van der Waals surface area contributed by atoms with Crippen molar-refractivity contribution in [2.75, 3.05) is 40.2 Å². The van der Waals surface area contributed by atoms with Crippen LogP contribution in [-0.2, 0) is 0 Å². The molecule has 2 N–H and O–H groups in total. The van der Waals surface area contributed by atoms with Gasteiger partial charge in [-0.2, -0.15) is 0 Å².